The van der Waals surface area contributed by atoms with Crippen molar-refractivity contribution < 1.29 is 9.18 Å². The molecule has 160 valence electrons. The van der Waals surface area contributed by atoms with E-state index in [1.807, 2.05) is 22.5 Å². The van der Waals surface area contributed by atoms with Gasteiger partial charge in [0.2, 0.25) is 0 Å². The van der Waals surface area contributed by atoms with Gasteiger partial charge >= 0.3 is 0 Å². The molecule has 0 saturated carbocycles. The molecule has 1 aliphatic rings. The molecule has 2 aromatic heterocycles. The molecular formula is C24H18ClFN4OS. The van der Waals surface area contributed by atoms with Crippen molar-refractivity contribution in [2.75, 3.05) is 21.9 Å². The van der Waals surface area contributed by atoms with Gasteiger partial charge in [0.25, 0.3) is 5.91 Å². The van der Waals surface area contributed by atoms with Crippen LogP contribution in [0.2, 0.25) is 5.02 Å². The lowest BCUT2D eigenvalue weighted by Crippen LogP contribution is -2.14. The van der Waals surface area contributed by atoms with Crippen LogP contribution in [0.15, 0.2) is 67.0 Å². The van der Waals surface area contributed by atoms with Crippen molar-refractivity contribution in [2.45, 2.75) is 6.42 Å². The van der Waals surface area contributed by atoms with E-state index in [0.29, 0.717) is 27.7 Å². The lowest BCUT2D eigenvalue weighted by atomic mass is 10.1. The third kappa shape index (κ3) is 4.01. The zero-order valence-electron chi connectivity index (χ0n) is 16.9. The molecule has 5 rings (SSSR count). The van der Waals surface area contributed by atoms with Crippen molar-refractivity contribution in [1.29, 1.82) is 0 Å². The highest BCUT2D eigenvalue weighted by molar-refractivity contribution is 8.00. The summed E-state index contributed by atoms with van der Waals surface area (Å²) in [6.45, 7) is 0.804. The molecule has 2 aromatic carbocycles. The van der Waals surface area contributed by atoms with Gasteiger partial charge < -0.3 is 9.62 Å². The summed E-state index contributed by atoms with van der Waals surface area (Å²) in [4.78, 5) is 21.6. The Kier molecular flexibility index (Phi) is 5.68. The highest BCUT2D eigenvalue weighted by Crippen LogP contribution is 2.34. The Hall–Kier alpha value is -3.16. The van der Waals surface area contributed by atoms with Crippen LogP contribution in [0.1, 0.15) is 16.8 Å². The number of benzene rings is 2. The number of aromatic nitrogens is 2. The van der Waals surface area contributed by atoms with Gasteiger partial charge in [-0.3, -0.25) is 14.8 Å². The van der Waals surface area contributed by atoms with Gasteiger partial charge in [0.05, 0.1) is 21.9 Å². The fourth-order valence-electron chi connectivity index (χ4n) is 3.69. The Morgan fingerprint density at radius 3 is 2.81 bits per heavy atom. The molecule has 3 heterocycles. The van der Waals surface area contributed by atoms with Gasteiger partial charge in [-0.05, 0) is 73.0 Å². The first kappa shape index (κ1) is 20.7. The summed E-state index contributed by atoms with van der Waals surface area (Å²) in [6.07, 6.45) is 4.42. The molecule has 0 unspecified atom stereocenters. The molecular weight excluding hydrogens is 447 g/mol. The molecule has 1 amide bonds. The summed E-state index contributed by atoms with van der Waals surface area (Å²) in [7, 11) is 0. The summed E-state index contributed by atoms with van der Waals surface area (Å²) in [6, 6.07) is 15.3. The van der Waals surface area contributed by atoms with Gasteiger partial charge in [0.15, 0.2) is 0 Å². The predicted octanol–water partition coefficient (Wildman–Crippen LogP) is 6.20. The monoisotopic (exact) mass is 464 g/mol. The third-order valence-electron chi connectivity index (χ3n) is 5.24. The van der Waals surface area contributed by atoms with E-state index < -0.39 is 11.7 Å². The summed E-state index contributed by atoms with van der Waals surface area (Å²) >= 11 is 8.05. The van der Waals surface area contributed by atoms with E-state index in [1.54, 1.807) is 54.7 Å². The topological polar surface area (TPSA) is 58.1 Å². The average molecular weight is 465 g/mol. The fourth-order valence-corrected chi connectivity index (χ4v) is 4.92. The van der Waals surface area contributed by atoms with Crippen LogP contribution in [0.3, 0.4) is 0 Å². The van der Waals surface area contributed by atoms with Crippen molar-refractivity contribution in [3.8, 4) is 11.3 Å². The number of nitrogens with zero attached hydrogens (tertiary/aromatic N) is 3. The second-order valence-electron chi connectivity index (χ2n) is 7.33. The van der Waals surface area contributed by atoms with Gasteiger partial charge in [-0.15, -0.1) is 0 Å². The minimum atomic E-state index is -0.406. The smallest absolute Gasteiger partial charge is 0.255 e. The molecule has 8 heteroatoms. The molecule has 5 nitrogen and oxygen atoms in total. The first-order valence-electron chi connectivity index (χ1n) is 10.1. The largest absolute Gasteiger partial charge is 0.322 e. The average Bonchev–Trinajstić information content (AvgIpc) is 3.34. The van der Waals surface area contributed by atoms with Crippen LogP contribution in [0.5, 0.6) is 0 Å². The molecule has 1 saturated heterocycles. The SMILES string of the molecule is O=C(Nc1ccc(Cl)c(-c2nccc3ncccc23)c1)c1ccc(N2CCCS2)c(F)c1. The number of hydrogen-bond donors (Lipinski definition) is 1. The van der Waals surface area contributed by atoms with Crippen LogP contribution in [0.4, 0.5) is 15.8 Å². The molecule has 0 spiro atoms. The Morgan fingerprint density at radius 2 is 2.00 bits per heavy atom. The Morgan fingerprint density at radius 1 is 1.09 bits per heavy atom. The number of fused-ring (bicyclic) bond motifs is 1. The maximum Gasteiger partial charge on any atom is 0.255 e. The van der Waals surface area contributed by atoms with Crippen molar-refractivity contribution in [2.24, 2.45) is 0 Å². The van der Waals surface area contributed by atoms with Crippen LogP contribution >= 0.6 is 23.5 Å². The summed E-state index contributed by atoms with van der Waals surface area (Å²) in [5.74, 6) is 0.170. The second-order valence-corrected chi connectivity index (χ2v) is 8.85. The Balaban J connectivity index is 1.43. The van der Waals surface area contributed by atoms with Crippen LogP contribution in [-0.2, 0) is 0 Å². The number of amides is 1. The van der Waals surface area contributed by atoms with Gasteiger partial charge in [-0.1, -0.05) is 11.6 Å². The number of anilines is 2. The van der Waals surface area contributed by atoms with Gasteiger partial charge in [0.1, 0.15) is 5.82 Å². The van der Waals surface area contributed by atoms with Gasteiger partial charge in [-0.25, -0.2) is 4.39 Å². The van der Waals surface area contributed by atoms with Gasteiger partial charge in [0, 0.05) is 46.9 Å². The fraction of sp³-hybridized carbons (Fsp3) is 0.125. The quantitative estimate of drug-likeness (QED) is 0.364. The van der Waals surface area contributed by atoms with Crippen LogP contribution < -0.4 is 9.62 Å². The second kappa shape index (κ2) is 8.76. The number of rotatable bonds is 4. The van der Waals surface area contributed by atoms with Crippen molar-refractivity contribution in [3.63, 3.8) is 0 Å². The normalized spacial score (nSPS) is 13.5. The minimum Gasteiger partial charge on any atom is -0.322 e. The molecule has 0 bridgehead atoms. The summed E-state index contributed by atoms with van der Waals surface area (Å²) < 4.78 is 16.5. The van der Waals surface area contributed by atoms with E-state index in [4.69, 9.17) is 11.6 Å². The lowest BCUT2D eigenvalue weighted by Gasteiger charge is -2.17. The van der Waals surface area contributed by atoms with E-state index in [1.165, 1.54) is 6.07 Å². The van der Waals surface area contributed by atoms with Gasteiger partial charge in [-0.2, -0.15) is 0 Å². The maximum atomic E-state index is 14.6. The molecule has 0 aliphatic carbocycles. The first-order valence-corrected chi connectivity index (χ1v) is 11.4. The summed E-state index contributed by atoms with van der Waals surface area (Å²) in [5.41, 5.74) is 3.45. The molecule has 1 N–H and O–H groups in total. The van der Waals surface area contributed by atoms with E-state index in [0.717, 1.165) is 29.6 Å². The highest BCUT2D eigenvalue weighted by atomic mass is 35.5. The standard InChI is InChI=1S/C24H18ClFN4OS/c25-19-6-5-16(14-18(19)23-17-3-1-9-27-21(17)8-10-28-23)29-24(31)15-4-7-22(20(26)13-15)30-11-2-12-32-30/h1,3-10,13-14H,2,11-12H2,(H,29,31). The molecule has 4 aromatic rings. The first-order chi connectivity index (χ1) is 15.6. The van der Waals surface area contributed by atoms with Crippen molar-refractivity contribution >= 4 is 51.7 Å². The van der Waals surface area contributed by atoms with E-state index in [9.17, 15) is 9.18 Å². The van der Waals surface area contributed by atoms with Crippen LogP contribution in [0, 0.1) is 5.82 Å². The number of pyridine rings is 2. The van der Waals surface area contributed by atoms with Crippen LogP contribution in [0.25, 0.3) is 22.2 Å². The van der Waals surface area contributed by atoms with E-state index >= 15 is 0 Å². The number of carbonyl (C=O) groups excluding carboxylic acids is 1. The zero-order valence-corrected chi connectivity index (χ0v) is 18.5. The van der Waals surface area contributed by atoms with Crippen molar-refractivity contribution in [1.82, 2.24) is 9.97 Å². The van der Waals surface area contributed by atoms with Crippen LogP contribution in [-0.4, -0.2) is 28.2 Å². The maximum absolute atomic E-state index is 14.6. The Labute approximate surface area is 193 Å². The number of hydrogen-bond acceptors (Lipinski definition) is 5. The Bertz CT molecular complexity index is 1320. The lowest BCUT2D eigenvalue weighted by molar-refractivity contribution is 0.102. The minimum absolute atomic E-state index is 0.249. The summed E-state index contributed by atoms with van der Waals surface area (Å²) in [5, 5.41) is 4.20. The predicted molar refractivity (Wildman–Crippen MR) is 129 cm³/mol. The molecule has 0 atom stereocenters. The number of halogens is 2. The van der Waals surface area contributed by atoms with E-state index in [2.05, 4.69) is 15.3 Å². The van der Waals surface area contributed by atoms with E-state index in [-0.39, 0.29) is 5.56 Å². The highest BCUT2D eigenvalue weighted by Gasteiger charge is 2.19. The third-order valence-corrected chi connectivity index (χ3v) is 6.73. The molecule has 32 heavy (non-hydrogen) atoms. The number of nitrogens with one attached hydrogen (secondary N) is 1. The van der Waals surface area contributed by atoms with Crippen molar-refractivity contribution in [3.05, 3.63) is 83.4 Å². The number of carbonyl (C=O) groups is 1. The molecule has 0 radical (unpaired) electrons. The molecule has 1 aliphatic heterocycles. The zero-order chi connectivity index (χ0) is 22.1. The molecule has 1 fully saturated rings.